The highest BCUT2D eigenvalue weighted by molar-refractivity contribution is 7.98. The Morgan fingerprint density at radius 2 is 1.47 bits per heavy atom. The van der Waals surface area contributed by atoms with E-state index in [2.05, 4.69) is 49.6 Å². The van der Waals surface area contributed by atoms with Crippen molar-refractivity contribution in [2.45, 2.75) is 82.4 Å². The molecule has 2 heteroatoms. The molecule has 2 rings (SSSR count). The molecule has 0 aliphatic heterocycles. The summed E-state index contributed by atoms with van der Waals surface area (Å²) in [6, 6.07) is 16.4. The van der Waals surface area contributed by atoms with Crippen LogP contribution in [0.25, 0.3) is 6.08 Å². The van der Waals surface area contributed by atoms with Gasteiger partial charge in [0, 0.05) is 10.5 Å². The average molecular weight is 423 g/mol. The summed E-state index contributed by atoms with van der Waals surface area (Å²) < 4.78 is 0. The Bertz CT molecular complexity index is 760. The molecule has 0 saturated carbocycles. The molecule has 30 heavy (non-hydrogen) atoms. The van der Waals surface area contributed by atoms with Crippen LogP contribution in [-0.2, 0) is 6.42 Å². The molecule has 0 aromatic heterocycles. The molecule has 2 aromatic carbocycles. The van der Waals surface area contributed by atoms with Crippen molar-refractivity contribution in [3.05, 3.63) is 71.3 Å². The maximum absolute atomic E-state index is 12.5. The first-order valence-electron chi connectivity index (χ1n) is 11.7. The smallest absolute Gasteiger partial charge is 0.185 e. The molecule has 0 unspecified atom stereocenters. The van der Waals surface area contributed by atoms with Crippen LogP contribution < -0.4 is 0 Å². The van der Waals surface area contributed by atoms with Crippen LogP contribution in [0.3, 0.4) is 0 Å². The van der Waals surface area contributed by atoms with Crippen molar-refractivity contribution in [1.82, 2.24) is 0 Å². The van der Waals surface area contributed by atoms with Gasteiger partial charge in [0.25, 0.3) is 0 Å². The number of thioether (sulfide) groups is 1. The van der Waals surface area contributed by atoms with E-state index in [1.165, 1.54) is 74.7 Å². The zero-order valence-corrected chi connectivity index (χ0v) is 19.7. The molecule has 0 radical (unpaired) electrons. The highest BCUT2D eigenvalue weighted by atomic mass is 32.2. The van der Waals surface area contributed by atoms with Crippen molar-refractivity contribution in [3.63, 3.8) is 0 Å². The number of carbonyl (C=O) groups excluding carboxylic acids is 1. The SMILES string of the molecule is CCCCCCCCCCCCc1cccc(C(=O)/C=C/c2ccc(SC)cc2)c1. The quantitative estimate of drug-likeness (QED) is 0.123. The highest BCUT2D eigenvalue weighted by Crippen LogP contribution is 2.17. The molecule has 0 N–H and O–H groups in total. The van der Waals surface area contributed by atoms with Gasteiger partial charge in [-0.15, -0.1) is 11.8 Å². The predicted octanol–water partition coefficient (Wildman–Crippen LogP) is 8.77. The van der Waals surface area contributed by atoms with Gasteiger partial charge in [0.05, 0.1) is 0 Å². The molecular weight excluding hydrogens is 384 g/mol. The van der Waals surface area contributed by atoms with Gasteiger partial charge in [-0.25, -0.2) is 0 Å². The first-order chi connectivity index (χ1) is 14.7. The van der Waals surface area contributed by atoms with E-state index < -0.39 is 0 Å². The number of aryl methyl sites for hydroxylation is 1. The minimum atomic E-state index is 0.0777. The lowest BCUT2D eigenvalue weighted by Crippen LogP contribution is -1.96. The van der Waals surface area contributed by atoms with E-state index in [1.54, 1.807) is 17.8 Å². The molecule has 0 fully saturated rings. The molecule has 1 nitrogen and oxygen atoms in total. The molecule has 0 heterocycles. The number of ketones is 1. The van der Waals surface area contributed by atoms with E-state index in [9.17, 15) is 4.79 Å². The first-order valence-corrected chi connectivity index (χ1v) is 12.9. The Labute approximate surface area is 188 Å². The minimum Gasteiger partial charge on any atom is -0.289 e. The second kappa shape index (κ2) is 15.1. The van der Waals surface area contributed by atoms with Crippen molar-refractivity contribution in [2.24, 2.45) is 0 Å². The normalized spacial score (nSPS) is 11.3. The maximum atomic E-state index is 12.5. The zero-order chi connectivity index (χ0) is 21.4. The monoisotopic (exact) mass is 422 g/mol. The molecule has 0 atom stereocenters. The van der Waals surface area contributed by atoms with Crippen molar-refractivity contribution < 1.29 is 4.79 Å². The van der Waals surface area contributed by atoms with Gasteiger partial charge in [-0.05, 0) is 54.5 Å². The van der Waals surface area contributed by atoms with Crippen LogP contribution in [0.4, 0.5) is 0 Å². The van der Waals surface area contributed by atoms with E-state index >= 15 is 0 Å². The Balaban J connectivity index is 1.69. The highest BCUT2D eigenvalue weighted by Gasteiger charge is 2.03. The van der Waals surface area contributed by atoms with Gasteiger partial charge in [0.1, 0.15) is 0 Å². The number of allylic oxidation sites excluding steroid dienone is 1. The Morgan fingerprint density at radius 3 is 2.10 bits per heavy atom. The van der Waals surface area contributed by atoms with Crippen LogP contribution in [-0.4, -0.2) is 12.0 Å². The number of hydrogen-bond donors (Lipinski definition) is 0. The summed E-state index contributed by atoms with van der Waals surface area (Å²) in [7, 11) is 0. The van der Waals surface area contributed by atoms with Crippen LogP contribution in [0.2, 0.25) is 0 Å². The molecule has 0 amide bonds. The number of hydrogen-bond acceptors (Lipinski definition) is 2. The molecule has 0 bridgehead atoms. The lowest BCUT2D eigenvalue weighted by molar-refractivity contribution is 0.104. The largest absolute Gasteiger partial charge is 0.289 e. The average Bonchev–Trinajstić information content (AvgIpc) is 2.79. The van der Waals surface area contributed by atoms with Crippen molar-refractivity contribution in [1.29, 1.82) is 0 Å². The van der Waals surface area contributed by atoms with Crippen LogP contribution in [0, 0.1) is 0 Å². The van der Waals surface area contributed by atoms with Crippen molar-refractivity contribution in [3.8, 4) is 0 Å². The van der Waals surface area contributed by atoms with Gasteiger partial charge in [-0.3, -0.25) is 4.79 Å². The van der Waals surface area contributed by atoms with Gasteiger partial charge in [-0.1, -0.05) is 101 Å². The van der Waals surface area contributed by atoms with Crippen LogP contribution in [0.15, 0.2) is 59.5 Å². The summed E-state index contributed by atoms with van der Waals surface area (Å²) in [6.45, 7) is 2.27. The van der Waals surface area contributed by atoms with Crippen LogP contribution in [0.1, 0.15) is 92.6 Å². The van der Waals surface area contributed by atoms with E-state index in [4.69, 9.17) is 0 Å². The Kier molecular flexibility index (Phi) is 12.3. The van der Waals surface area contributed by atoms with Gasteiger partial charge < -0.3 is 0 Å². The number of unbranched alkanes of at least 4 members (excludes halogenated alkanes) is 9. The fourth-order valence-corrected chi connectivity index (χ4v) is 4.09. The second-order valence-electron chi connectivity index (χ2n) is 8.10. The van der Waals surface area contributed by atoms with E-state index in [0.29, 0.717) is 0 Å². The lowest BCUT2D eigenvalue weighted by Gasteiger charge is -2.05. The van der Waals surface area contributed by atoms with Crippen molar-refractivity contribution >= 4 is 23.6 Å². The fourth-order valence-electron chi connectivity index (χ4n) is 3.68. The van der Waals surface area contributed by atoms with Gasteiger partial charge in [-0.2, -0.15) is 0 Å². The molecule has 0 aliphatic rings. The number of benzene rings is 2. The van der Waals surface area contributed by atoms with Crippen molar-refractivity contribution in [2.75, 3.05) is 6.26 Å². The van der Waals surface area contributed by atoms with E-state index in [-0.39, 0.29) is 5.78 Å². The number of carbonyl (C=O) groups is 1. The Hall–Kier alpha value is -1.80. The molecule has 162 valence electrons. The Morgan fingerprint density at radius 1 is 0.833 bits per heavy atom. The fraction of sp³-hybridized carbons (Fsp3) is 0.464. The second-order valence-corrected chi connectivity index (χ2v) is 8.98. The van der Waals surface area contributed by atoms with Crippen LogP contribution in [0.5, 0.6) is 0 Å². The van der Waals surface area contributed by atoms with Crippen LogP contribution >= 0.6 is 11.8 Å². The summed E-state index contributed by atoms with van der Waals surface area (Å²) >= 11 is 1.72. The minimum absolute atomic E-state index is 0.0777. The predicted molar refractivity (Wildman–Crippen MR) is 134 cm³/mol. The zero-order valence-electron chi connectivity index (χ0n) is 18.9. The maximum Gasteiger partial charge on any atom is 0.185 e. The van der Waals surface area contributed by atoms with E-state index in [1.807, 2.05) is 18.2 Å². The van der Waals surface area contributed by atoms with Gasteiger partial charge >= 0.3 is 0 Å². The number of rotatable bonds is 15. The lowest BCUT2D eigenvalue weighted by atomic mass is 10.0. The van der Waals surface area contributed by atoms with Gasteiger partial charge in [0.2, 0.25) is 0 Å². The molecule has 0 saturated heterocycles. The van der Waals surface area contributed by atoms with Gasteiger partial charge in [0.15, 0.2) is 5.78 Å². The summed E-state index contributed by atoms with van der Waals surface area (Å²) in [5.41, 5.74) is 3.12. The third-order valence-electron chi connectivity index (χ3n) is 5.57. The standard InChI is InChI=1S/C28H38OS/c1-3-4-5-6-7-8-9-10-11-12-14-25-15-13-16-26(23-25)28(29)22-19-24-17-20-27(30-2)21-18-24/h13,15-23H,3-12,14H2,1-2H3/b22-19+. The third kappa shape index (κ3) is 9.80. The van der Waals surface area contributed by atoms with E-state index in [0.717, 1.165) is 17.5 Å². The first kappa shape index (κ1) is 24.5. The molecular formula is C28H38OS. The summed E-state index contributed by atoms with van der Waals surface area (Å²) in [4.78, 5) is 13.8. The molecule has 0 spiro atoms. The third-order valence-corrected chi connectivity index (χ3v) is 6.32. The molecule has 2 aromatic rings. The summed E-state index contributed by atoms with van der Waals surface area (Å²) in [6.07, 6.45) is 20.3. The summed E-state index contributed by atoms with van der Waals surface area (Å²) in [5, 5.41) is 0. The summed E-state index contributed by atoms with van der Waals surface area (Å²) in [5.74, 6) is 0.0777. The molecule has 0 aliphatic carbocycles. The topological polar surface area (TPSA) is 17.1 Å².